The smallest absolute Gasteiger partial charge is 1.00 e. The molecule has 2 fully saturated rings. The first-order valence-electron chi connectivity index (χ1n) is 14.6. The summed E-state index contributed by atoms with van der Waals surface area (Å²) in [4.78, 5) is 0. The fourth-order valence-corrected chi connectivity index (χ4v) is 17.9. The fraction of sp³-hybridized carbons (Fsp3) is 0.400. The minimum absolute atomic E-state index is 0. The molecule has 3 heteroatoms. The molecule has 0 aromatic heterocycles. The molecule has 1 atom stereocenters. The molecule has 0 amide bonds. The summed E-state index contributed by atoms with van der Waals surface area (Å²) in [5.41, 5.74) is 6.39. The van der Waals surface area contributed by atoms with Gasteiger partial charge in [0.15, 0.2) is 0 Å². The largest absolute Gasteiger partial charge is 1.00 e. The third-order valence-corrected chi connectivity index (χ3v) is 18.0. The van der Waals surface area contributed by atoms with Crippen LogP contribution >= 0.6 is 0 Å². The molecule has 3 aromatic rings. The van der Waals surface area contributed by atoms with Gasteiger partial charge in [-0.15, -0.1) is 0 Å². The molecule has 0 bridgehead atoms. The number of benzene rings is 3. The Morgan fingerprint density at radius 2 is 1.37 bits per heavy atom. The van der Waals surface area contributed by atoms with Crippen LogP contribution in [0.5, 0.6) is 0 Å². The molecule has 3 aromatic carbocycles. The summed E-state index contributed by atoms with van der Waals surface area (Å²) in [7, 11) is 0. The number of halogens is 2. The van der Waals surface area contributed by atoms with Crippen LogP contribution in [-0.2, 0) is 21.3 Å². The average molecular weight is 621 g/mol. The molecule has 2 saturated carbocycles. The van der Waals surface area contributed by atoms with Crippen LogP contribution in [0, 0.1) is 11.8 Å². The van der Waals surface area contributed by atoms with Crippen molar-refractivity contribution in [3.8, 4) is 11.1 Å². The van der Waals surface area contributed by atoms with Crippen LogP contribution in [0.2, 0.25) is 0 Å². The van der Waals surface area contributed by atoms with Gasteiger partial charge in [-0.3, -0.25) is 0 Å². The summed E-state index contributed by atoms with van der Waals surface area (Å²) in [6, 6.07) is 23.5. The zero-order chi connectivity index (χ0) is 23.9. The van der Waals surface area contributed by atoms with Gasteiger partial charge in [-0.1, -0.05) is 0 Å². The summed E-state index contributed by atoms with van der Waals surface area (Å²) in [6.45, 7) is 0. The zero-order valence-corrected chi connectivity index (χ0v) is 26.2. The fourth-order valence-electron chi connectivity index (χ4n) is 7.98. The van der Waals surface area contributed by atoms with E-state index in [9.17, 15) is 0 Å². The summed E-state index contributed by atoms with van der Waals surface area (Å²) in [5, 5.41) is 2.94. The van der Waals surface area contributed by atoms with Crippen LogP contribution in [0.3, 0.4) is 0 Å². The number of hydrogen-bond donors (Lipinski definition) is 0. The van der Waals surface area contributed by atoms with E-state index >= 15 is 0 Å². The van der Waals surface area contributed by atoms with Crippen molar-refractivity contribution in [2.24, 2.45) is 11.8 Å². The van der Waals surface area contributed by atoms with Gasteiger partial charge in [-0.2, -0.15) is 0 Å². The van der Waals surface area contributed by atoms with Gasteiger partial charge in [0.2, 0.25) is 0 Å². The van der Waals surface area contributed by atoms with Crippen molar-refractivity contribution in [3.05, 3.63) is 93.3 Å². The molecule has 38 heavy (non-hydrogen) atoms. The minimum atomic E-state index is -2.25. The molecular formula is C35H38Cl2Zr. The predicted molar refractivity (Wildman–Crippen MR) is 151 cm³/mol. The maximum atomic E-state index is 2.57. The Balaban J connectivity index is 0.00000147. The Hall–Kier alpha value is -1.27. The Kier molecular flexibility index (Phi) is 9.30. The molecule has 0 heterocycles. The number of allylic oxidation sites excluding steroid dienone is 4. The predicted octanol–water partition coefficient (Wildman–Crippen LogP) is 3.71. The van der Waals surface area contributed by atoms with E-state index in [1.54, 1.807) is 11.1 Å². The molecule has 0 aliphatic heterocycles. The van der Waals surface area contributed by atoms with Crippen LogP contribution in [0.1, 0.15) is 85.4 Å². The Morgan fingerprint density at radius 3 is 2.05 bits per heavy atom. The van der Waals surface area contributed by atoms with Gasteiger partial charge in [0.25, 0.3) is 0 Å². The Morgan fingerprint density at radius 1 is 0.711 bits per heavy atom. The van der Waals surface area contributed by atoms with Gasteiger partial charge in [0.1, 0.15) is 0 Å². The van der Waals surface area contributed by atoms with E-state index in [0.717, 1.165) is 11.8 Å². The maximum absolute atomic E-state index is 2.57. The van der Waals surface area contributed by atoms with Gasteiger partial charge < -0.3 is 24.8 Å². The van der Waals surface area contributed by atoms with E-state index in [1.165, 1.54) is 92.5 Å². The quantitative estimate of drug-likeness (QED) is 0.395. The molecule has 4 aliphatic carbocycles. The molecule has 4 aliphatic rings. The first-order chi connectivity index (χ1) is 17.9. The first-order valence-corrected chi connectivity index (χ1v) is 18.4. The zero-order valence-electron chi connectivity index (χ0n) is 22.3. The van der Waals surface area contributed by atoms with Crippen LogP contribution in [0.15, 0.2) is 82.2 Å². The molecular weight excluding hydrogens is 583 g/mol. The van der Waals surface area contributed by atoms with E-state index in [2.05, 4.69) is 82.1 Å². The van der Waals surface area contributed by atoms with Crippen molar-refractivity contribution in [3.63, 3.8) is 0 Å². The standard InChI is InChI=1S/C17H11.C13H22.C5H5.2ClH.Zr/c1-3-7-14-12(5-1)9-10-16-15-8-4-2-6-13(15)11-17(14)16;1-2-7-12(6-1)10-5-11-13-8-3-4-9-13;1-2-4-5-3-1;;;/h1-11H;12-13H,1-4,6-11H2;1-3H,4H2;2*1H;/q;;;;;+2/p-2. The third-order valence-electron chi connectivity index (χ3n) is 9.63. The summed E-state index contributed by atoms with van der Waals surface area (Å²) >= 11 is -2.25. The van der Waals surface area contributed by atoms with Crippen molar-refractivity contribution in [1.29, 1.82) is 0 Å². The molecule has 196 valence electrons. The van der Waals surface area contributed by atoms with Crippen molar-refractivity contribution in [2.75, 3.05) is 0 Å². The normalized spacial score (nSPS) is 19.9. The molecule has 0 spiro atoms. The molecule has 7 rings (SSSR count). The number of fused-ring (bicyclic) bond motifs is 5. The van der Waals surface area contributed by atoms with E-state index in [-0.39, 0.29) is 24.8 Å². The molecule has 0 radical (unpaired) electrons. The van der Waals surface area contributed by atoms with Crippen molar-refractivity contribution < 1.29 is 46.1 Å². The second-order valence-corrected chi connectivity index (χ2v) is 18.6. The minimum Gasteiger partial charge on any atom is -1.00 e. The van der Waals surface area contributed by atoms with Crippen LogP contribution < -0.4 is 24.8 Å². The van der Waals surface area contributed by atoms with Crippen LogP contribution in [0.25, 0.3) is 21.9 Å². The topological polar surface area (TPSA) is 0 Å². The van der Waals surface area contributed by atoms with Crippen LogP contribution in [0.4, 0.5) is 0 Å². The Bertz CT molecular complexity index is 1370. The van der Waals surface area contributed by atoms with Crippen molar-refractivity contribution in [1.82, 2.24) is 0 Å². The maximum Gasteiger partial charge on any atom is -1.00 e. The molecule has 0 nitrogen and oxygen atoms in total. The van der Waals surface area contributed by atoms with Crippen molar-refractivity contribution in [2.45, 2.75) is 74.3 Å². The molecule has 0 N–H and O–H groups in total. The van der Waals surface area contributed by atoms with Gasteiger partial charge in [-0.05, 0) is 0 Å². The number of hydrogen-bond acceptors (Lipinski definition) is 0. The van der Waals surface area contributed by atoms with Gasteiger partial charge in [-0.25, -0.2) is 0 Å². The van der Waals surface area contributed by atoms with Gasteiger partial charge in [0, 0.05) is 0 Å². The van der Waals surface area contributed by atoms with E-state index in [4.69, 9.17) is 0 Å². The summed E-state index contributed by atoms with van der Waals surface area (Å²) in [6.07, 6.45) is 23.3. The SMILES string of the molecule is C1=CC[C]([Zr+2](=[C](CC2CCCC2)CC2CCCC2)[CH]2c3ccccc3-c3ccc4ccccc4c32)=C1.[Cl-].[Cl-]. The summed E-state index contributed by atoms with van der Waals surface area (Å²) in [5.74, 6) is 1.91. The third kappa shape index (κ3) is 5.25. The second kappa shape index (κ2) is 12.5. The number of rotatable bonds is 6. The van der Waals surface area contributed by atoms with Crippen molar-refractivity contribution >= 4 is 14.0 Å². The van der Waals surface area contributed by atoms with E-state index < -0.39 is 21.3 Å². The monoisotopic (exact) mass is 618 g/mol. The average Bonchev–Trinajstić information content (AvgIpc) is 3.73. The molecule has 0 saturated heterocycles. The molecule has 1 unspecified atom stereocenters. The Labute approximate surface area is 249 Å². The van der Waals surface area contributed by atoms with Gasteiger partial charge >= 0.3 is 226 Å². The van der Waals surface area contributed by atoms with E-state index in [1.807, 2.05) is 3.28 Å². The summed E-state index contributed by atoms with van der Waals surface area (Å²) < 4.78 is 4.59. The second-order valence-electron chi connectivity index (χ2n) is 11.8. The van der Waals surface area contributed by atoms with Crippen LogP contribution in [-0.4, -0.2) is 3.21 Å². The van der Waals surface area contributed by atoms with Gasteiger partial charge in [0.05, 0.1) is 0 Å². The van der Waals surface area contributed by atoms with E-state index in [0.29, 0.717) is 3.63 Å². The first kappa shape index (κ1) is 28.3.